The summed E-state index contributed by atoms with van der Waals surface area (Å²) in [5.41, 5.74) is 1.21. The molecule has 2 aliphatic heterocycles. The number of benzene rings is 2. The third-order valence-electron chi connectivity index (χ3n) is 5.27. The highest BCUT2D eigenvalue weighted by Crippen LogP contribution is 2.27. The Balaban J connectivity index is 1.41. The van der Waals surface area contributed by atoms with Crippen molar-refractivity contribution < 1.29 is 14.4 Å². The maximum atomic E-state index is 12.9. The summed E-state index contributed by atoms with van der Waals surface area (Å²) in [4.78, 5) is 43.0. The Kier molecular flexibility index (Phi) is 5.15. The number of carbonyl (C=O) groups excluding carboxylic acids is 3. The van der Waals surface area contributed by atoms with Crippen molar-refractivity contribution in [1.82, 2.24) is 9.80 Å². The third kappa shape index (κ3) is 3.53. The van der Waals surface area contributed by atoms with Crippen LogP contribution in [0.15, 0.2) is 54.6 Å². The molecule has 0 aliphatic carbocycles. The lowest BCUT2D eigenvalue weighted by Gasteiger charge is -2.37. The molecule has 2 saturated heterocycles. The summed E-state index contributed by atoms with van der Waals surface area (Å²) in [5.74, 6) is -0.424. The van der Waals surface area contributed by atoms with Gasteiger partial charge in [0.2, 0.25) is 5.91 Å². The van der Waals surface area contributed by atoms with Gasteiger partial charge in [-0.3, -0.25) is 19.3 Å². The maximum Gasteiger partial charge on any atom is 0.253 e. The van der Waals surface area contributed by atoms with Gasteiger partial charge in [-0.05, 0) is 36.4 Å². The van der Waals surface area contributed by atoms with Gasteiger partial charge >= 0.3 is 0 Å². The molecule has 2 heterocycles. The highest BCUT2D eigenvalue weighted by molar-refractivity contribution is 6.30. The summed E-state index contributed by atoms with van der Waals surface area (Å²) >= 11 is 5.90. The van der Waals surface area contributed by atoms with Gasteiger partial charge in [0.15, 0.2) is 0 Å². The van der Waals surface area contributed by atoms with E-state index in [9.17, 15) is 14.4 Å². The molecule has 6 nitrogen and oxygen atoms in total. The maximum absolute atomic E-state index is 12.9. The topological polar surface area (TPSA) is 60.9 Å². The standard InChI is InChI=1S/C21H20ClN3O3/c22-16-6-8-17(9-7-16)25-19(26)14-18(21(25)28)23-10-12-24(13-11-23)20(27)15-4-2-1-3-5-15/h1-9,18H,10-14H2. The lowest BCUT2D eigenvalue weighted by Crippen LogP contribution is -2.53. The number of amides is 3. The van der Waals surface area contributed by atoms with Crippen molar-refractivity contribution >= 4 is 35.0 Å². The molecule has 4 rings (SSSR count). The first-order valence-electron chi connectivity index (χ1n) is 9.25. The van der Waals surface area contributed by atoms with Gasteiger partial charge in [0, 0.05) is 36.8 Å². The largest absolute Gasteiger partial charge is 0.336 e. The number of carbonyl (C=O) groups is 3. The van der Waals surface area contributed by atoms with Crippen LogP contribution in [-0.2, 0) is 9.59 Å². The van der Waals surface area contributed by atoms with E-state index in [4.69, 9.17) is 11.6 Å². The first kappa shape index (κ1) is 18.7. The molecule has 144 valence electrons. The van der Waals surface area contributed by atoms with Gasteiger partial charge in [0.05, 0.1) is 18.2 Å². The smallest absolute Gasteiger partial charge is 0.253 e. The first-order chi connectivity index (χ1) is 13.5. The highest BCUT2D eigenvalue weighted by Gasteiger charge is 2.43. The van der Waals surface area contributed by atoms with Gasteiger partial charge < -0.3 is 4.90 Å². The molecule has 2 aliphatic rings. The van der Waals surface area contributed by atoms with Crippen LogP contribution in [0, 0.1) is 0 Å². The number of hydrogen-bond donors (Lipinski definition) is 0. The van der Waals surface area contributed by atoms with E-state index < -0.39 is 6.04 Å². The molecular weight excluding hydrogens is 378 g/mol. The van der Waals surface area contributed by atoms with Crippen molar-refractivity contribution in [3.8, 4) is 0 Å². The van der Waals surface area contributed by atoms with Crippen molar-refractivity contribution in [2.45, 2.75) is 12.5 Å². The lowest BCUT2D eigenvalue weighted by molar-refractivity contribution is -0.123. The minimum Gasteiger partial charge on any atom is -0.336 e. The van der Waals surface area contributed by atoms with Crippen LogP contribution in [0.2, 0.25) is 5.02 Å². The molecule has 28 heavy (non-hydrogen) atoms. The molecule has 0 saturated carbocycles. The van der Waals surface area contributed by atoms with E-state index >= 15 is 0 Å². The summed E-state index contributed by atoms with van der Waals surface area (Å²) in [6.45, 7) is 2.20. The van der Waals surface area contributed by atoms with E-state index in [0.717, 1.165) is 0 Å². The summed E-state index contributed by atoms with van der Waals surface area (Å²) in [5, 5.41) is 0.554. The Bertz CT molecular complexity index is 893. The minimum absolute atomic E-state index is 0.00290. The van der Waals surface area contributed by atoms with Crippen molar-refractivity contribution in [1.29, 1.82) is 0 Å². The van der Waals surface area contributed by atoms with Gasteiger partial charge in [-0.2, -0.15) is 0 Å². The van der Waals surface area contributed by atoms with E-state index in [1.165, 1.54) is 4.90 Å². The fraction of sp³-hybridized carbons (Fsp3) is 0.286. The van der Waals surface area contributed by atoms with Crippen LogP contribution < -0.4 is 4.90 Å². The summed E-state index contributed by atoms with van der Waals surface area (Å²) in [7, 11) is 0. The average molecular weight is 398 g/mol. The fourth-order valence-corrected chi connectivity index (χ4v) is 3.89. The molecule has 1 unspecified atom stereocenters. The van der Waals surface area contributed by atoms with Crippen LogP contribution in [0.5, 0.6) is 0 Å². The minimum atomic E-state index is -0.475. The van der Waals surface area contributed by atoms with E-state index in [1.807, 2.05) is 23.1 Å². The molecule has 2 aromatic rings. The molecule has 0 radical (unpaired) electrons. The molecule has 2 fully saturated rings. The zero-order valence-electron chi connectivity index (χ0n) is 15.3. The average Bonchev–Trinajstić information content (AvgIpc) is 3.03. The lowest BCUT2D eigenvalue weighted by atomic mass is 10.1. The highest BCUT2D eigenvalue weighted by atomic mass is 35.5. The van der Waals surface area contributed by atoms with E-state index in [1.54, 1.807) is 41.3 Å². The summed E-state index contributed by atoms with van der Waals surface area (Å²) in [6, 6.07) is 15.4. The van der Waals surface area contributed by atoms with Crippen LogP contribution in [0.3, 0.4) is 0 Å². The predicted molar refractivity (Wildman–Crippen MR) is 106 cm³/mol. The first-order valence-corrected chi connectivity index (χ1v) is 9.63. The number of hydrogen-bond acceptors (Lipinski definition) is 4. The van der Waals surface area contributed by atoms with Crippen LogP contribution in [0.4, 0.5) is 5.69 Å². The van der Waals surface area contributed by atoms with Gasteiger partial charge in [0.1, 0.15) is 0 Å². The predicted octanol–water partition coefficient (Wildman–Crippen LogP) is 2.43. The second-order valence-electron chi connectivity index (χ2n) is 6.96. The summed E-state index contributed by atoms with van der Waals surface area (Å²) < 4.78 is 0. The number of imide groups is 1. The monoisotopic (exact) mass is 397 g/mol. The van der Waals surface area contributed by atoms with Crippen LogP contribution in [-0.4, -0.2) is 59.7 Å². The molecule has 3 amide bonds. The number of nitrogens with zero attached hydrogens (tertiary/aromatic N) is 3. The Morgan fingerprint density at radius 3 is 2.18 bits per heavy atom. The van der Waals surface area contributed by atoms with E-state index in [0.29, 0.717) is 42.5 Å². The molecule has 0 N–H and O–H groups in total. The summed E-state index contributed by atoms with van der Waals surface area (Å²) in [6.07, 6.45) is 0.161. The van der Waals surface area contributed by atoms with E-state index in [-0.39, 0.29) is 24.1 Å². The molecule has 1 atom stereocenters. The van der Waals surface area contributed by atoms with Crippen molar-refractivity contribution in [3.05, 3.63) is 65.2 Å². The van der Waals surface area contributed by atoms with Crippen molar-refractivity contribution in [2.24, 2.45) is 0 Å². The van der Waals surface area contributed by atoms with Crippen LogP contribution >= 0.6 is 11.6 Å². The second kappa shape index (κ2) is 7.73. The normalized spacial score (nSPS) is 20.7. The third-order valence-corrected chi connectivity index (χ3v) is 5.52. The molecule has 0 bridgehead atoms. The number of piperazine rings is 1. The van der Waals surface area contributed by atoms with Crippen molar-refractivity contribution in [2.75, 3.05) is 31.1 Å². The Labute approximate surface area is 168 Å². The molecular formula is C21H20ClN3O3. The van der Waals surface area contributed by atoms with Gasteiger partial charge in [-0.1, -0.05) is 29.8 Å². The number of halogens is 1. The van der Waals surface area contributed by atoms with Crippen LogP contribution in [0.1, 0.15) is 16.8 Å². The van der Waals surface area contributed by atoms with Crippen LogP contribution in [0.25, 0.3) is 0 Å². The van der Waals surface area contributed by atoms with E-state index in [2.05, 4.69) is 0 Å². The quantitative estimate of drug-likeness (QED) is 0.746. The Morgan fingerprint density at radius 2 is 1.54 bits per heavy atom. The fourth-order valence-electron chi connectivity index (χ4n) is 3.76. The molecule has 0 spiro atoms. The molecule has 7 heteroatoms. The zero-order valence-corrected chi connectivity index (χ0v) is 16.0. The van der Waals surface area contributed by atoms with Crippen molar-refractivity contribution in [3.63, 3.8) is 0 Å². The second-order valence-corrected chi connectivity index (χ2v) is 7.39. The molecule has 2 aromatic carbocycles. The van der Waals surface area contributed by atoms with Gasteiger partial charge in [-0.25, -0.2) is 4.90 Å². The van der Waals surface area contributed by atoms with Gasteiger partial charge in [0.25, 0.3) is 11.8 Å². The SMILES string of the molecule is O=C(c1ccccc1)N1CCN(C2CC(=O)N(c3ccc(Cl)cc3)C2=O)CC1. The molecule has 0 aromatic heterocycles. The number of rotatable bonds is 3. The Morgan fingerprint density at radius 1 is 0.893 bits per heavy atom. The Hall–Kier alpha value is -2.70. The number of anilines is 1. The van der Waals surface area contributed by atoms with Gasteiger partial charge in [-0.15, -0.1) is 0 Å². The zero-order chi connectivity index (χ0) is 19.7.